The molecule has 0 aromatic carbocycles. The summed E-state index contributed by atoms with van der Waals surface area (Å²) in [5, 5.41) is 0. The predicted octanol–water partition coefficient (Wildman–Crippen LogP) is 4.77. The third kappa shape index (κ3) is 40.7. The van der Waals surface area contributed by atoms with Crippen LogP contribution in [0.3, 0.4) is 0 Å². The molecule has 0 heterocycles. The Balaban J connectivity index is 0. The molecule has 0 aliphatic heterocycles. The highest BCUT2D eigenvalue weighted by Crippen LogP contribution is 2.47. The van der Waals surface area contributed by atoms with E-state index in [0.717, 1.165) is 0 Å². The molecule has 0 nitrogen and oxygen atoms in total. The van der Waals surface area contributed by atoms with Crippen molar-refractivity contribution in [1.82, 2.24) is 0 Å². The van der Waals surface area contributed by atoms with Gasteiger partial charge < -0.3 is 17.3 Å². The maximum Gasteiger partial charge on any atom is 0.673 e. The molecule has 0 atom stereocenters. The summed E-state index contributed by atoms with van der Waals surface area (Å²) in [6.45, 7) is 9.56. The predicted molar refractivity (Wildman–Crippen MR) is 63.9 cm³/mol. The van der Waals surface area contributed by atoms with Gasteiger partial charge in [0.15, 0.2) is 0 Å². The first-order valence-electron chi connectivity index (χ1n) is 5.24. The highest BCUT2D eigenvalue weighted by Gasteiger charge is 2.20. The minimum absolute atomic E-state index is 0.456. The van der Waals surface area contributed by atoms with Crippen LogP contribution in [0, 0.1) is 0 Å². The molecule has 0 unspecified atom stereocenters. The zero-order valence-corrected chi connectivity index (χ0v) is 11.0. The molecule has 94 valence electrons. The van der Waals surface area contributed by atoms with E-state index in [4.69, 9.17) is 0 Å². The van der Waals surface area contributed by atoms with E-state index in [1.54, 1.807) is 0 Å². The molecule has 15 heavy (non-hydrogen) atoms. The van der Waals surface area contributed by atoms with Crippen molar-refractivity contribution in [3.8, 4) is 0 Å². The molecule has 6 heteroatoms. The van der Waals surface area contributed by atoms with E-state index in [1.807, 2.05) is 0 Å². The first kappa shape index (κ1) is 17.6. The second-order valence-corrected chi connectivity index (χ2v) is 9.60. The van der Waals surface area contributed by atoms with Crippen LogP contribution in [0.2, 0.25) is 0 Å². The lowest BCUT2D eigenvalue weighted by molar-refractivity contribution is 0.368. The van der Waals surface area contributed by atoms with Crippen molar-refractivity contribution >= 4 is 14.5 Å². The Kier molecular flexibility index (Phi) is 9.83. The monoisotopic (exact) mass is 248 g/mol. The number of hydrogen-bond donors (Lipinski definition) is 0. The van der Waals surface area contributed by atoms with Crippen molar-refractivity contribution in [2.24, 2.45) is 0 Å². The summed E-state index contributed by atoms with van der Waals surface area (Å²) < 4.78 is 39.0. The molecule has 0 amide bonds. The standard InChI is InChI=1S/C9H22P.BF4/c1-5-6-7-8-9-10(2,3)4;2-1(3,4)5/h5-9H2,1-4H3;/q+1;-1. The molecule has 0 aliphatic rings. The molecule has 0 aromatic heterocycles. The van der Waals surface area contributed by atoms with Gasteiger partial charge in [-0.3, -0.25) is 0 Å². The zero-order valence-electron chi connectivity index (χ0n) is 10.1. The van der Waals surface area contributed by atoms with Crippen LogP contribution in [0.15, 0.2) is 0 Å². The summed E-state index contributed by atoms with van der Waals surface area (Å²) in [5.41, 5.74) is 0. The topological polar surface area (TPSA) is 0 Å². The molecule has 0 aliphatic carbocycles. The summed E-state index contributed by atoms with van der Waals surface area (Å²) in [7, 11) is -6.46. The maximum absolute atomic E-state index is 9.75. The minimum Gasteiger partial charge on any atom is -0.418 e. The Hall–Kier alpha value is 0.215. The molecule has 0 aromatic rings. The van der Waals surface area contributed by atoms with E-state index in [9.17, 15) is 17.3 Å². The Morgan fingerprint density at radius 2 is 1.27 bits per heavy atom. The van der Waals surface area contributed by atoms with E-state index in [0.29, 0.717) is 0 Å². The van der Waals surface area contributed by atoms with Gasteiger partial charge in [-0.1, -0.05) is 19.8 Å². The van der Waals surface area contributed by atoms with Crippen LogP contribution in [-0.4, -0.2) is 33.4 Å². The van der Waals surface area contributed by atoms with Gasteiger partial charge in [0.1, 0.15) is 0 Å². The Labute approximate surface area is 91.3 Å². The number of hydrogen-bond acceptors (Lipinski definition) is 0. The van der Waals surface area contributed by atoms with E-state index in [2.05, 4.69) is 26.9 Å². The van der Waals surface area contributed by atoms with Crippen LogP contribution in [0.25, 0.3) is 0 Å². The van der Waals surface area contributed by atoms with Gasteiger partial charge in [-0.05, 0) is 12.8 Å². The SMILES string of the molecule is CCCCCC[P+](C)(C)C.F[B-](F)(F)F. The van der Waals surface area contributed by atoms with Crippen molar-refractivity contribution in [3.05, 3.63) is 0 Å². The smallest absolute Gasteiger partial charge is 0.418 e. The summed E-state index contributed by atoms with van der Waals surface area (Å²) in [6.07, 6.45) is 7.20. The number of rotatable bonds is 5. The second-order valence-electron chi connectivity index (χ2n) is 4.57. The quantitative estimate of drug-likeness (QED) is 0.284. The van der Waals surface area contributed by atoms with E-state index >= 15 is 0 Å². The first-order valence-corrected chi connectivity index (χ1v) is 8.55. The molecule has 0 fully saturated rings. The molecule has 0 N–H and O–H groups in total. The highest BCUT2D eigenvalue weighted by molar-refractivity contribution is 7.73. The number of halogens is 4. The summed E-state index contributed by atoms with van der Waals surface area (Å²) in [5.74, 6) is 0. The molecule has 0 saturated heterocycles. The van der Waals surface area contributed by atoms with Crippen LogP contribution in [0.1, 0.15) is 32.6 Å². The van der Waals surface area contributed by atoms with Crippen molar-refractivity contribution in [2.75, 3.05) is 26.2 Å². The van der Waals surface area contributed by atoms with Gasteiger partial charge >= 0.3 is 7.25 Å². The van der Waals surface area contributed by atoms with Crippen LogP contribution in [0.4, 0.5) is 17.3 Å². The Bertz CT molecular complexity index is 136. The summed E-state index contributed by atoms with van der Waals surface area (Å²) in [4.78, 5) is 0. The van der Waals surface area contributed by atoms with Gasteiger partial charge in [-0.2, -0.15) is 0 Å². The van der Waals surface area contributed by atoms with Crippen LogP contribution in [-0.2, 0) is 0 Å². The molecular weight excluding hydrogens is 226 g/mol. The summed E-state index contributed by atoms with van der Waals surface area (Å²) in [6, 6.07) is 0. The van der Waals surface area contributed by atoms with Crippen molar-refractivity contribution in [1.29, 1.82) is 0 Å². The largest absolute Gasteiger partial charge is 0.673 e. The van der Waals surface area contributed by atoms with Gasteiger partial charge in [0, 0.05) is 27.3 Å². The third-order valence-corrected chi connectivity index (χ3v) is 3.34. The van der Waals surface area contributed by atoms with Gasteiger partial charge in [0.2, 0.25) is 0 Å². The van der Waals surface area contributed by atoms with Crippen LogP contribution < -0.4 is 0 Å². The molecular formula is C9H22BF4P. The molecule has 0 saturated carbocycles. The molecule has 0 spiro atoms. The second kappa shape index (κ2) is 8.38. The van der Waals surface area contributed by atoms with Gasteiger partial charge in [-0.15, -0.1) is 0 Å². The van der Waals surface area contributed by atoms with Gasteiger partial charge in [-0.25, -0.2) is 0 Å². The van der Waals surface area contributed by atoms with Crippen molar-refractivity contribution in [2.45, 2.75) is 32.6 Å². The lowest BCUT2D eigenvalue weighted by atomic mass is 10.2. The average molecular weight is 248 g/mol. The number of unbranched alkanes of at least 4 members (excludes halogenated alkanes) is 3. The fourth-order valence-electron chi connectivity index (χ4n) is 1.01. The molecule has 0 bridgehead atoms. The van der Waals surface area contributed by atoms with E-state index in [1.165, 1.54) is 31.8 Å². The van der Waals surface area contributed by atoms with Crippen LogP contribution >= 0.6 is 7.26 Å². The fourth-order valence-corrected chi connectivity index (χ4v) is 2.19. The first-order chi connectivity index (χ1) is 6.56. The fraction of sp³-hybridized carbons (Fsp3) is 1.00. The van der Waals surface area contributed by atoms with E-state index < -0.39 is 14.5 Å². The van der Waals surface area contributed by atoms with Crippen molar-refractivity contribution in [3.63, 3.8) is 0 Å². The van der Waals surface area contributed by atoms with Crippen molar-refractivity contribution < 1.29 is 17.3 Å². The van der Waals surface area contributed by atoms with Crippen LogP contribution in [0.5, 0.6) is 0 Å². The molecule has 0 radical (unpaired) electrons. The third-order valence-electron chi connectivity index (χ3n) is 1.68. The van der Waals surface area contributed by atoms with Gasteiger partial charge in [0.05, 0.1) is 6.16 Å². The zero-order chi connectivity index (χ0) is 12.5. The van der Waals surface area contributed by atoms with Gasteiger partial charge in [0.25, 0.3) is 0 Å². The lowest BCUT2D eigenvalue weighted by Gasteiger charge is -2.10. The highest BCUT2D eigenvalue weighted by atomic mass is 31.2. The Morgan fingerprint density at radius 3 is 1.53 bits per heavy atom. The normalized spacial score (nSPS) is 12.0. The molecule has 0 rings (SSSR count). The Morgan fingerprint density at radius 1 is 0.867 bits per heavy atom. The maximum atomic E-state index is 9.75. The average Bonchev–Trinajstić information content (AvgIpc) is 1.93. The lowest BCUT2D eigenvalue weighted by Crippen LogP contribution is -2.02. The summed E-state index contributed by atoms with van der Waals surface area (Å²) >= 11 is 0. The minimum atomic E-state index is -6.00. The van der Waals surface area contributed by atoms with E-state index in [-0.39, 0.29) is 0 Å².